The van der Waals surface area contributed by atoms with Gasteiger partial charge in [-0.15, -0.1) is 5.10 Å². The molecule has 4 rings (SSSR count). The first kappa shape index (κ1) is 13.5. The van der Waals surface area contributed by atoms with Gasteiger partial charge in [0.25, 0.3) is 0 Å². The summed E-state index contributed by atoms with van der Waals surface area (Å²) in [5, 5.41) is 4.83. The van der Waals surface area contributed by atoms with Gasteiger partial charge in [-0.2, -0.15) is 0 Å². The zero-order valence-electron chi connectivity index (χ0n) is 12.5. The fourth-order valence-corrected chi connectivity index (χ4v) is 4.45. The molecule has 21 heavy (non-hydrogen) atoms. The predicted octanol–water partition coefficient (Wildman–Crippen LogP) is 2.05. The lowest BCUT2D eigenvalue weighted by Crippen LogP contribution is -2.27. The van der Waals surface area contributed by atoms with Gasteiger partial charge in [0.15, 0.2) is 5.65 Å². The van der Waals surface area contributed by atoms with E-state index in [4.69, 9.17) is 5.10 Å². The van der Waals surface area contributed by atoms with E-state index in [1.54, 1.807) is 0 Å². The third kappa shape index (κ3) is 2.16. The molecule has 4 heterocycles. The maximum absolute atomic E-state index is 4.83. The lowest BCUT2D eigenvalue weighted by Gasteiger charge is -2.20. The summed E-state index contributed by atoms with van der Waals surface area (Å²) in [6.07, 6.45) is 0.925. The molecule has 0 amide bonds. The van der Waals surface area contributed by atoms with E-state index in [1.807, 2.05) is 4.52 Å². The van der Waals surface area contributed by atoms with Crippen LogP contribution in [-0.2, 0) is 6.42 Å². The second-order valence-corrected chi connectivity index (χ2v) is 7.06. The largest absolute Gasteiger partial charge is 0.355 e. The Morgan fingerprint density at radius 3 is 2.57 bits per heavy atom. The smallest absolute Gasteiger partial charge is 0.155 e. The van der Waals surface area contributed by atoms with Gasteiger partial charge in [-0.3, -0.25) is 0 Å². The fraction of sp³-hybridized carbons (Fsp3) is 0.600. The number of rotatable bonds is 2. The summed E-state index contributed by atoms with van der Waals surface area (Å²) < 4.78 is 2.90. The van der Waals surface area contributed by atoms with Gasteiger partial charge in [0.1, 0.15) is 10.4 Å². The molecule has 6 heteroatoms. The van der Waals surface area contributed by atoms with Crippen molar-refractivity contribution in [2.75, 3.05) is 38.1 Å². The minimum absolute atomic E-state index is 0.799. The van der Waals surface area contributed by atoms with Crippen molar-refractivity contribution in [3.63, 3.8) is 0 Å². The van der Waals surface area contributed by atoms with Crippen molar-refractivity contribution in [1.82, 2.24) is 19.5 Å². The van der Waals surface area contributed by atoms with Crippen LogP contribution in [0, 0.1) is 11.8 Å². The molecule has 0 saturated carbocycles. The number of imidazole rings is 1. The lowest BCUT2D eigenvalue weighted by atomic mass is 10.0. The van der Waals surface area contributed by atoms with E-state index in [2.05, 4.69) is 56.8 Å². The number of likely N-dealkylation sites (tertiary alicyclic amines) is 1. The molecule has 2 fully saturated rings. The monoisotopic (exact) mass is 349 g/mol. The molecule has 2 aliphatic rings. The summed E-state index contributed by atoms with van der Waals surface area (Å²) >= 11 is 3.53. The molecule has 0 aliphatic carbocycles. The zero-order chi connectivity index (χ0) is 14.6. The molecule has 2 unspecified atom stereocenters. The summed E-state index contributed by atoms with van der Waals surface area (Å²) in [6.45, 7) is 6.84. The molecule has 2 aromatic rings. The Labute approximate surface area is 133 Å². The Bertz CT molecular complexity index is 668. The maximum atomic E-state index is 4.83. The third-order valence-corrected chi connectivity index (χ3v) is 5.47. The maximum Gasteiger partial charge on any atom is 0.155 e. The van der Waals surface area contributed by atoms with Crippen LogP contribution >= 0.6 is 15.9 Å². The van der Waals surface area contributed by atoms with Gasteiger partial charge in [-0.1, -0.05) is 6.92 Å². The van der Waals surface area contributed by atoms with E-state index in [0.29, 0.717) is 0 Å². The van der Waals surface area contributed by atoms with Crippen molar-refractivity contribution in [3.05, 3.63) is 22.4 Å². The molecule has 0 N–H and O–H groups in total. The van der Waals surface area contributed by atoms with Crippen molar-refractivity contribution in [3.8, 4) is 0 Å². The van der Waals surface area contributed by atoms with Crippen molar-refractivity contribution >= 4 is 27.4 Å². The van der Waals surface area contributed by atoms with E-state index >= 15 is 0 Å². The number of hydrogen-bond acceptors (Lipinski definition) is 4. The molecule has 0 radical (unpaired) electrons. The Morgan fingerprint density at radius 2 is 1.90 bits per heavy atom. The highest BCUT2D eigenvalue weighted by atomic mass is 79.9. The number of aryl methyl sites for hydroxylation is 1. The lowest BCUT2D eigenvalue weighted by molar-refractivity contribution is 0.386. The number of aromatic nitrogens is 3. The van der Waals surface area contributed by atoms with E-state index in [-0.39, 0.29) is 0 Å². The van der Waals surface area contributed by atoms with Gasteiger partial charge >= 0.3 is 0 Å². The van der Waals surface area contributed by atoms with Crippen LogP contribution in [-0.4, -0.2) is 52.7 Å². The van der Waals surface area contributed by atoms with Gasteiger partial charge in [-0.05, 0) is 53.4 Å². The van der Waals surface area contributed by atoms with E-state index in [0.717, 1.165) is 53.1 Å². The highest BCUT2D eigenvalue weighted by Crippen LogP contribution is 2.32. The number of halogens is 1. The quantitative estimate of drug-likeness (QED) is 0.831. The van der Waals surface area contributed by atoms with Crippen LogP contribution in [0.1, 0.15) is 12.6 Å². The van der Waals surface area contributed by atoms with Gasteiger partial charge < -0.3 is 9.80 Å². The minimum atomic E-state index is 0.799. The van der Waals surface area contributed by atoms with Crippen molar-refractivity contribution in [1.29, 1.82) is 0 Å². The Morgan fingerprint density at radius 1 is 1.19 bits per heavy atom. The number of nitrogens with zero attached hydrogens (tertiary/aromatic N) is 5. The number of fused-ring (bicyclic) bond motifs is 2. The molecule has 112 valence electrons. The van der Waals surface area contributed by atoms with E-state index in [1.165, 1.54) is 13.1 Å². The second kappa shape index (κ2) is 4.95. The van der Waals surface area contributed by atoms with Gasteiger partial charge in [0.2, 0.25) is 0 Å². The van der Waals surface area contributed by atoms with Crippen LogP contribution in [0.15, 0.2) is 16.7 Å². The molecule has 0 aromatic carbocycles. The average Bonchev–Trinajstić information content (AvgIpc) is 3.07. The molecule has 0 spiro atoms. The average molecular weight is 350 g/mol. The molecule has 2 saturated heterocycles. The summed E-state index contributed by atoms with van der Waals surface area (Å²) in [5.41, 5.74) is 2.06. The normalized spacial score (nSPS) is 26.0. The topological polar surface area (TPSA) is 36.7 Å². The van der Waals surface area contributed by atoms with E-state index < -0.39 is 0 Å². The van der Waals surface area contributed by atoms with Crippen LogP contribution in [0.5, 0.6) is 0 Å². The molecule has 2 aliphatic heterocycles. The molecule has 0 bridgehead atoms. The highest BCUT2D eigenvalue weighted by Gasteiger charge is 2.39. The first-order valence-corrected chi connectivity index (χ1v) is 8.42. The SMILES string of the molecule is CCc1c(Br)nc2ccc(N3CC4CN(C)CC4C3)nn12. The second-order valence-electron chi connectivity index (χ2n) is 6.31. The summed E-state index contributed by atoms with van der Waals surface area (Å²) in [5.74, 6) is 2.68. The van der Waals surface area contributed by atoms with Gasteiger partial charge in [-0.25, -0.2) is 9.50 Å². The van der Waals surface area contributed by atoms with E-state index in [9.17, 15) is 0 Å². The minimum Gasteiger partial charge on any atom is -0.355 e. The first-order valence-electron chi connectivity index (χ1n) is 7.63. The fourth-order valence-electron chi connectivity index (χ4n) is 3.82. The summed E-state index contributed by atoms with van der Waals surface area (Å²) in [6, 6.07) is 4.19. The van der Waals surface area contributed by atoms with Gasteiger partial charge in [0, 0.05) is 26.2 Å². The first-order chi connectivity index (χ1) is 10.2. The van der Waals surface area contributed by atoms with Crippen LogP contribution in [0.3, 0.4) is 0 Å². The standard InChI is InChI=1S/C15H20BrN5/c1-3-12-15(16)17-13-4-5-14(18-21(12)13)20-8-10-6-19(2)7-11(10)9-20/h4-5,10-11H,3,6-9H2,1-2H3. The van der Waals surface area contributed by atoms with Crippen molar-refractivity contribution in [2.45, 2.75) is 13.3 Å². The molecule has 2 atom stereocenters. The predicted molar refractivity (Wildman–Crippen MR) is 86.8 cm³/mol. The molecule has 2 aromatic heterocycles. The third-order valence-electron chi connectivity index (χ3n) is 4.84. The van der Waals surface area contributed by atoms with Gasteiger partial charge in [0.05, 0.1) is 5.69 Å². The zero-order valence-corrected chi connectivity index (χ0v) is 14.0. The number of anilines is 1. The number of hydrogen-bond donors (Lipinski definition) is 0. The Kier molecular flexibility index (Phi) is 3.19. The molecular formula is C15H20BrN5. The summed E-state index contributed by atoms with van der Waals surface area (Å²) in [7, 11) is 2.23. The van der Waals surface area contributed by atoms with Crippen molar-refractivity contribution < 1.29 is 0 Å². The molecule has 5 nitrogen and oxygen atoms in total. The van der Waals surface area contributed by atoms with Crippen LogP contribution in [0.4, 0.5) is 5.82 Å². The molecular weight excluding hydrogens is 330 g/mol. The van der Waals surface area contributed by atoms with Crippen molar-refractivity contribution in [2.24, 2.45) is 11.8 Å². The van der Waals surface area contributed by atoms with Crippen LogP contribution < -0.4 is 4.90 Å². The Hall–Kier alpha value is -1.14. The van der Waals surface area contributed by atoms with Crippen LogP contribution in [0.2, 0.25) is 0 Å². The highest BCUT2D eigenvalue weighted by molar-refractivity contribution is 9.10. The van der Waals surface area contributed by atoms with Crippen LogP contribution in [0.25, 0.3) is 5.65 Å². The summed E-state index contributed by atoms with van der Waals surface area (Å²) in [4.78, 5) is 9.40. The Balaban J connectivity index is 1.66.